The zero-order valence-electron chi connectivity index (χ0n) is 7.25. The van der Waals surface area contributed by atoms with Gasteiger partial charge in [0.05, 0.1) is 0 Å². The Balaban J connectivity index is -0.000000189. The number of hydrogen-bond donors (Lipinski definition) is 0. The molecule has 62 valence electrons. The summed E-state index contributed by atoms with van der Waals surface area (Å²) in [7, 11) is 1.25. The Bertz CT molecular complexity index is 156. The zero-order valence-corrected chi connectivity index (χ0v) is 12.9. The SMILES string of the molecule is C[NH-].[NH-]Cc1ccccc1.[Y].[Y]. The molecule has 0 unspecified atom stereocenters. The molecule has 0 fully saturated rings. The van der Waals surface area contributed by atoms with E-state index in [1.807, 2.05) is 30.3 Å². The van der Waals surface area contributed by atoms with Gasteiger partial charge < -0.3 is 11.5 Å². The summed E-state index contributed by atoms with van der Waals surface area (Å²) < 4.78 is 0. The maximum atomic E-state index is 6.94. The van der Waals surface area contributed by atoms with E-state index in [1.165, 1.54) is 7.05 Å². The van der Waals surface area contributed by atoms with Gasteiger partial charge in [-0.3, -0.25) is 0 Å². The van der Waals surface area contributed by atoms with Crippen molar-refractivity contribution in [2.24, 2.45) is 0 Å². The van der Waals surface area contributed by atoms with Gasteiger partial charge in [-0.2, -0.15) is 7.05 Å². The summed E-state index contributed by atoms with van der Waals surface area (Å²) in [6, 6.07) is 9.76. The van der Waals surface area contributed by atoms with Crippen LogP contribution < -0.4 is 0 Å². The summed E-state index contributed by atoms with van der Waals surface area (Å²) in [5.74, 6) is 0. The van der Waals surface area contributed by atoms with Crippen molar-refractivity contribution in [3.8, 4) is 0 Å². The van der Waals surface area contributed by atoms with Gasteiger partial charge in [0.15, 0.2) is 0 Å². The van der Waals surface area contributed by atoms with Crippen LogP contribution in [0.2, 0.25) is 0 Å². The molecule has 0 aliphatic heterocycles. The molecule has 12 heavy (non-hydrogen) atoms. The van der Waals surface area contributed by atoms with Crippen LogP contribution in [0.25, 0.3) is 11.5 Å². The fraction of sp³-hybridized carbons (Fsp3) is 0.250. The molecule has 2 radical (unpaired) electrons. The van der Waals surface area contributed by atoms with Crippen LogP contribution in [0, 0.1) is 0 Å². The van der Waals surface area contributed by atoms with Crippen LogP contribution in [-0.4, -0.2) is 7.05 Å². The molecule has 0 atom stereocenters. The summed E-state index contributed by atoms with van der Waals surface area (Å²) in [5.41, 5.74) is 13.8. The second-order valence-electron chi connectivity index (χ2n) is 1.66. The minimum atomic E-state index is 0. The molecule has 1 aromatic rings. The third-order valence-electron chi connectivity index (χ3n) is 1.05. The first kappa shape index (κ1) is 19.0. The predicted octanol–water partition coefficient (Wildman–Crippen LogP) is 2.90. The van der Waals surface area contributed by atoms with E-state index in [9.17, 15) is 0 Å². The summed E-state index contributed by atoms with van der Waals surface area (Å²) in [6.07, 6.45) is 0. The Hall–Kier alpha value is 1.35. The number of hydrogen-bond acceptors (Lipinski definition) is 0. The van der Waals surface area contributed by atoms with Crippen LogP contribution in [0.5, 0.6) is 0 Å². The van der Waals surface area contributed by atoms with Crippen LogP contribution in [0.4, 0.5) is 0 Å². The quantitative estimate of drug-likeness (QED) is 0.765. The Morgan fingerprint density at radius 3 is 1.67 bits per heavy atom. The molecule has 0 spiro atoms. The minimum absolute atomic E-state index is 0. The fourth-order valence-electron chi connectivity index (χ4n) is 0.596. The van der Waals surface area contributed by atoms with E-state index in [0.717, 1.165) is 5.56 Å². The third-order valence-corrected chi connectivity index (χ3v) is 1.05. The second kappa shape index (κ2) is 14.8. The Morgan fingerprint density at radius 2 is 1.42 bits per heavy atom. The van der Waals surface area contributed by atoms with Gasteiger partial charge in [0.1, 0.15) is 0 Å². The zero-order chi connectivity index (χ0) is 7.82. The minimum Gasteiger partial charge on any atom is -0.680 e. The first-order chi connectivity index (χ1) is 4.93. The first-order valence-electron chi connectivity index (χ1n) is 3.12. The summed E-state index contributed by atoms with van der Waals surface area (Å²) in [5, 5.41) is 0. The van der Waals surface area contributed by atoms with Crippen molar-refractivity contribution in [1.29, 1.82) is 0 Å². The summed E-state index contributed by atoms with van der Waals surface area (Å²) in [4.78, 5) is 0. The molecule has 0 bridgehead atoms. The second-order valence-corrected chi connectivity index (χ2v) is 1.66. The topological polar surface area (TPSA) is 47.6 Å². The Kier molecular flexibility index (Phi) is 23.5. The van der Waals surface area contributed by atoms with Gasteiger partial charge in [0.25, 0.3) is 0 Å². The van der Waals surface area contributed by atoms with Crippen molar-refractivity contribution in [2.45, 2.75) is 6.54 Å². The van der Waals surface area contributed by atoms with Crippen LogP contribution in [0.1, 0.15) is 5.56 Å². The molecular formula is C8H12N2Y2-2. The molecule has 0 saturated carbocycles. The molecule has 0 aromatic heterocycles. The largest absolute Gasteiger partial charge is 0.680 e. The molecule has 1 rings (SSSR count). The number of nitrogens with one attached hydrogen (secondary N) is 2. The van der Waals surface area contributed by atoms with E-state index in [1.54, 1.807) is 0 Å². The Morgan fingerprint density at radius 1 is 1.00 bits per heavy atom. The standard InChI is InChI=1S/C7H8N.CH4N.2Y/c8-6-7-4-2-1-3-5-7;1-2;;/h1-5,8H,6H2;2H,1H3;;/q2*-1;;. The van der Waals surface area contributed by atoms with Crippen LogP contribution >= 0.6 is 0 Å². The molecule has 0 heterocycles. The maximum absolute atomic E-state index is 6.94. The molecule has 4 heteroatoms. The molecule has 2 nitrogen and oxygen atoms in total. The van der Waals surface area contributed by atoms with Crippen molar-refractivity contribution in [3.05, 3.63) is 47.4 Å². The molecule has 1 aromatic carbocycles. The molecular weight excluding hydrogens is 302 g/mol. The van der Waals surface area contributed by atoms with E-state index in [-0.39, 0.29) is 65.4 Å². The molecule has 2 N–H and O–H groups in total. The van der Waals surface area contributed by atoms with Gasteiger partial charge in [-0.05, 0) is 0 Å². The van der Waals surface area contributed by atoms with Crippen molar-refractivity contribution in [2.75, 3.05) is 7.05 Å². The smallest absolute Gasteiger partial charge is 0 e. The maximum Gasteiger partial charge on any atom is 0 e. The van der Waals surface area contributed by atoms with Crippen molar-refractivity contribution in [3.63, 3.8) is 0 Å². The van der Waals surface area contributed by atoms with Crippen LogP contribution in [0.15, 0.2) is 30.3 Å². The van der Waals surface area contributed by atoms with E-state index in [2.05, 4.69) is 0 Å². The van der Waals surface area contributed by atoms with Crippen molar-refractivity contribution >= 4 is 0 Å². The molecule has 0 aliphatic rings. The first-order valence-corrected chi connectivity index (χ1v) is 3.12. The Labute approximate surface area is 125 Å². The van der Waals surface area contributed by atoms with E-state index >= 15 is 0 Å². The van der Waals surface area contributed by atoms with E-state index in [0.29, 0.717) is 6.54 Å². The van der Waals surface area contributed by atoms with Crippen LogP contribution in [0.3, 0.4) is 0 Å². The molecule has 0 saturated heterocycles. The average molecular weight is 314 g/mol. The van der Waals surface area contributed by atoms with Gasteiger partial charge in [0, 0.05) is 65.4 Å². The van der Waals surface area contributed by atoms with Crippen LogP contribution in [-0.2, 0) is 72.0 Å². The molecule has 0 amide bonds. The van der Waals surface area contributed by atoms with Gasteiger partial charge in [-0.1, -0.05) is 35.9 Å². The number of benzene rings is 1. The van der Waals surface area contributed by atoms with E-state index < -0.39 is 0 Å². The van der Waals surface area contributed by atoms with E-state index in [4.69, 9.17) is 11.5 Å². The number of rotatable bonds is 1. The fourth-order valence-corrected chi connectivity index (χ4v) is 0.596. The van der Waals surface area contributed by atoms with Crippen molar-refractivity contribution < 1.29 is 65.4 Å². The average Bonchev–Trinajstić information content (AvgIpc) is 2.10. The van der Waals surface area contributed by atoms with Gasteiger partial charge >= 0.3 is 0 Å². The monoisotopic (exact) mass is 314 g/mol. The van der Waals surface area contributed by atoms with Gasteiger partial charge in [-0.25, -0.2) is 0 Å². The molecule has 0 aliphatic carbocycles. The van der Waals surface area contributed by atoms with Gasteiger partial charge in [-0.15, -0.1) is 6.54 Å². The normalized spacial score (nSPS) is 6.58. The summed E-state index contributed by atoms with van der Waals surface area (Å²) in [6.45, 7) is 0.390. The van der Waals surface area contributed by atoms with Gasteiger partial charge in [0.2, 0.25) is 0 Å². The predicted molar refractivity (Wildman–Crippen MR) is 44.7 cm³/mol. The third kappa shape index (κ3) is 9.44. The summed E-state index contributed by atoms with van der Waals surface area (Å²) >= 11 is 0. The van der Waals surface area contributed by atoms with Crippen molar-refractivity contribution in [1.82, 2.24) is 0 Å².